The van der Waals surface area contributed by atoms with E-state index in [9.17, 15) is 0 Å². The lowest BCUT2D eigenvalue weighted by atomic mass is 9.79. The summed E-state index contributed by atoms with van der Waals surface area (Å²) in [5.74, 6) is 1.46. The summed E-state index contributed by atoms with van der Waals surface area (Å²) in [5.41, 5.74) is 4.66. The van der Waals surface area contributed by atoms with E-state index in [2.05, 4.69) is 51.2 Å². The molecule has 0 spiro atoms. The van der Waals surface area contributed by atoms with Gasteiger partial charge in [0.15, 0.2) is 0 Å². The molecule has 0 saturated heterocycles. The highest BCUT2D eigenvalue weighted by molar-refractivity contribution is 5.38. The number of rotatable bonds is 5. The molecule has 1 nitrogen and oxygen atoms in total. The Kier molecular flexibility index (Phi) is 5.04. The maximum atomic E-state index is 3.73. The van der Waals surface area contributed by atoms with E-state index in [1.807, 2.05) is 0 Å². The van der Waals surface area contributed by atoms with Gasteiger partial charge < -0.3 is 5.32 Å². The van der Waals surface area contributed by atoms with Crippen LogP contribution in [-0.4, -0.2) is 6.54 Å². The molecular formula is C18H29N. The van der Waals surface area contributed by atoms with E-state index in [4.69, 9.17) is 0 Å². The van der Waals surface area contributed by atoms with Gasteiger partial charge in [0.05, 0.1) is 0 Å². The van der Waals surface area contributed by atoms with Gasteiger partial charge in [0.2, 0.25) is 0 Å². The van der Waals surface area contributed by atoms with Gasteiger partial charge in [-0.05, 0) is 60.8 Å². The summed E-state index contributed by atoms with van der Waals surface area (Å²) in [5, 5.41) is 3.73. The third kappa shape index (κ3) is 3.60. The zero-order valence-electron chi connectivity index (χ0n) is 13.0. The zero-order valence-corrected chi connectivity index (χ0v) is 13.0. The lowest BCUT2D eigenvalue weighted by molar-refractivity contribution is 0.432. The van der Waals surface area contributed by atoms with Gasteiger partial charge in [0, 0.05) is 6.04 Å². The quantitative estimate of drug-likeness (QED) is 0.799. The highest BCUT2D eigenvalue weighted by Crippen LogP contribution is 2.37. The first-order valence-corrected chi connectivity index (χ1v) is 7.98. The molecule has 1 aliphatic rings. The van der Waals surface area contributed by atoms with Crippen molar-refractivity contribution in [1.82, 2.24) is 5.32 Å². The maximum absolute atomic E-state index is 3.73. The third-order valence-electron chi connectivity index (χ3n) is 4.23. The standard InChI is InChI=1S/C18H29N/c1-5-10-19-18-9-6-14(4)16-8-7-15(11-13(2)3)12-17(16)18/h7-8,12-14,18-19H,5-6,9-11H2,1-4H3. The van der Waals surface area contributed by atoms with Crippen LogP contribution in [0.4, 0.5) is 0 Å². The maximum Gasteiger partial charge on any atom is 0.0323 e. The Morgan fingerprint density at radius 1 is 1.21 bits per heavy atom. The SMILES string of the molecule is CCCNC1CCC(C)c2ccc(CC(C)C)cc21. The number of hydrogen-bond acceptors (Lipinski definition) is 1. The smallest absolute Gasteiger partial charge is 0.0323 e. The molecule has 1 aromatic carbocycles. The minimum Gasteiger partial charge on any atom is -0.310 e. The Bertz CT molecular complexity index is 408. The van der Waals surface area contributed by atoms with Crippen LogP contribution < -0.4 is 5.32 Å². The van der Waals surface area contributed by atoms with Crippen LogP contribution in [0.3, 0.4) is 0 Å². The highest BCUT2D eigenvalue weighted by atomic mass is 14.9. The van der Waals surface area contributed by atoms with Gasteiger partial charge in [-0.1, -0.05) is 45.9 Å². The molecule has 0 aliphatic heterocycles. The Hall–Kier alpha value is -0.820. The number of hydrogen-bond donors (Lipinski definition) is 1. The van der Waals surface area contributed by atoms with Crippen molar-refractivity contribution in [3.63, 3.8) is 0 Å². The van der Waals surface area contributed by atoms with Crippen molar-refractivity contribution in [2.24, 2.45) is 5.92 Å². The molecule has 1 aromatic rings. The van der Waals surface area contributed by atoms with Crippen LogP contribution in [-0.2, 0) is 6.42 Å². The Morgan fingerprint density at radius 2 is 2.00 bits per heavy atom. The molecule has 2 atom stereocenters. The second-order valence-electron chi connectivity index (χ2n) is 6.55. The van der Waals surface area contributed by atoms with E-state index in [0.717, 1.165) is 18.4 Å². The normalized spacial score (nSPS) is 22.6. The topological polar surface area (TPSA) is 12.0 Å². The zero-order chi connectivity index (χ0) is 13.8. The van der Waals surface area contributed by atoms with Crippen LogP contribution in [0.2, 0.25) is 0 Å². The fraction of sp³-hybridized carbons (Fsp3) is 0.667. The van der Waals surface area contributed by atoms with E-state index in [1.165, 1.54) is 31.2 Å². The minimum absolute atomic E-state index is 0.582. The molecule has 1 heteroatoms. The number of nitrogens with one attached hydrogen (secondary N) is 1. The van der Waals surface area contributed by atoms with Gasteiger partial charge in [-0.2, -0.15) is 0 Å². The van der Waals surface area contributed by atoms with E-state index in [0.29, 0.717) is 6.04 Å². The summed E-state index contributed by atoms with van der Waals surface area (Å²) < 4.78 is 0. The predicted octanol–water partition coefficient (Wildman–Crippen LogP) is 4.82. The fourth-order valence-corrected chi connectivity index (χ4v) is 3.23. The lowest BCUT2D eigenvalue weighted by Crippen LogP contribution is -2.27. The van der Waals surface area contributed by atoms with Crippen LogP contribution in [0.15, 0.2) is 18.2 Å². The summed E-state index contributed by atoms with van der Waals surface area (Å²) >= 11 is 0. The molecule has 19 heavy (non-hydrogen) atoms. The molecule has 2 rings (SSSR count). The average molecular weight is 259 g/mol. The Morgan fingerprint density at radius 3 is 2.68 bits per heavy atom. The summed E-state index contributed by atoms with van der Waals surface area (Å²) in [6.07, 6.45) is 5.02. The van der Waals surface area contributed by atoms with Gasteiger partial charge in [0.25, 0.3) is 0 Å². The van der Waals surface area contributed by atoms with Crippen molar-refractivity contribution >= 4 is 0 Å². The van der Waals surface area contributed by atoms with Gasteiger partial charge in [-0.3, -0.25) is 0 Å². The molecule has 106 valence electrons. The second kappa shape index (κ2) is 6.56. The van der Waals surface area contributed by atoms with Gasteiger partial charge in [-0.25, -0.2) is 0 Å². The summed E-state index contributed by atoms with van der Waals surface area (Å²) in [6, 6.07) is 7.78. The predicted molar refractivity (Wildman–Crippen MR) is 83.7 cm³/mol. The van der Waals surface area contributed by atoms with Crippen LogP contribution in [0.1, 0.15) is 75.6 Å². The van der Waals surface area contributed by atoms with E-state index < -0.39 is 0 Å². The molecule has 2 unspecified atom stereocenters. The molecule has 0 heterocycles. The average Bonchev–Trinajstić information content (AvgIpc) is 2.37. The molecule has 0 saturated carbocycles. The first kappa shape index (κ1) is 14.6. The third-order valence-corrected chi connectivity index (χ3v) is 4.23. The molecule has 1 aliphatic carbocycles. The van der Waals surface area contributed by atoms with Crippen molar-refractivity contribution in [1.29, 1.82) is 0 Å². The van der Waals surface area contributed by atoms with E-state index in [1.54, 1.807) is 11.1 Å². The van der Waals surface area contributed by atoms with E-state index >= 15 is 0 Å². The van der Waals surface area contributed by atoms with Crippen LogP contribution in [0, 0.1) is 5.92 Å². The summed E-state index contributed by atoms with van der Waals surface area (Å²) in [6.45, 7) is 10.3. The van der Waals surface area contributed by atoms with Crippen LogP contribution >= 0.6 is 0 Å². The Labute approximate surface area is 118 Å². The molecule has 0 fully saturated rings. The van der Waals surface area contributed by atoms with Crippen molar-refractivity contribution in [2.45, 2.75) is 65.3 Å². The van der Waals surface area contributed by atoms with Crippen molar-refractivity contribution < 1.29 is 0 Å². The van der Waals surface area contributed by atoms with Crippen molar-refractivity contribution in [2.75, 3.05) is 6.54 Å². The molecule has 1 N–H and O–H groups in total. The van der Waals surface area contributed by atoms with Gasteiger partial charge >= 0.3 is 0 Å². The number of benzene rings is 1. The van der Waals surface area contributed by atoms with Gasteiger partial charge in [0.1, 0.15) is 0 Å². The summed E-state index contributed by atoms with van der Waals surface area (Å²) in [4.78, 5) is 0. The van der Waals surface area contributed by atoms with Crippen molar-refractivity contribution in [3.8, 4) is 0 Å². The first-order valence-electron chi connectivity index (χ1n) is 7.98. The largest absolute Gasteiger partial charge is 0.310 e. The fourth-order valence-electron chi connectivity index (χ4n) is 3.23. The molecule has 0 amide bonds. The van der Waals surface area contributed by atoms with E-state index in [-0.39, 0.29) is 0 Å². The Balaban J connectivity index is 2.24. The summed E-state index contributed by atoms with van der Waals surface area (Å²) in [7, 11) is 0. The first-order chi connectivity index (χ1) is 9.11. The van der Waals surface area contributed by atoms with Crippen LogP contribution in [0.25, 0.3) is 0 Å². The minimum atomic E-state index is 0.582. The monoisotopic (exact) mass is 259 g/mol. The molecule has 0 aromatic heterocycles. The lowest BCUT2D eigenvalue weighted by Gasteiger charge is -2.31. The molecule has 0 radical (unpaired) electrons. The van der Waals surface area contributed by atoms with Crippen LogP contribution in [0.5, 0.6) is 0 Å². The second-order valence-corrected chi connectivity index (χ2v) is 6.55. The van der Waals surface area contributed by atoms with Crippen molar-refractivity contribution in [3.05, 3.63) is 34.9 Å². The van der Waals surface area contributed by atoms with Gasteiger partial charge in [-0.15, -0.1) is 0 Å². The number of fused-ring (bicyclic) bond motifs is 1. The highest BCUT2D eigenvalue weighted by Gasteiger charge is 2.24. The molecule has 0 bridgehead atoms. The molecular weight excluding hydrogens is 230 g/mol.